The number of rotatable bonds is 4. The van der Waals surface area contributed by atoms with E-state index in [2.05, 4.69) is 10.4 Å². The Hall–Kier alpha value is -2.37. The molecule has 0 spiro atoms. The van der Waals surface area contributed by atoms with Crippen LogP contribution in [-0.4, -0.2) is 23.2 Å². The van der Waals surface area contributed by atoms with E-state index < -0.39 is 17.5 Å². The van der Waals surface area contributed by atoms with Crippen LogP contribution in [0.1, 0.15) is 24.5 Å². The molecule has 2 aromatic rings. The predicted molar refractivity (Wildman–Crippen MR) is 97.8 cm³/mol. The highest BCUT2D eigenvalue weighted by Gasteiger charge is 2.51. The molecular formula is C18H15Cl2N3O2. The third-order valence-corrected chi connectivity index (χ3v) is 4.87. The van der Waals surface area contributed by atoms with Crippen molar-refractivity contribution in [1.29, 1.82) is 0 Å². The largest absolute Gasteiger partial charge is 0.346 e. The molecule has 0 radical (unpaired) electrons. The average molecular weight is 376 g/mol. The van der Waals surface area contributed by atoms with Gasteiger partial charge in [0, 0.05) is 0 Å². The summed E-state index contributed by atoms with van der Waals surface area (Å²) in [5.41, 5.74) is 0.250. The summed E-state index contributed by atoms with van der Waals surface area (Å²) in [7, 11) is 0. The lowest BCUT2D eigenvalue weighted by atomic mass is 9.87. The van der Waals surface area contributed by atoms with Gasteiger partial charge in [-0.2, -0.15) is 5.10 Å². The number of nitrogens with zero attached hydrogens (tertiary/aromatic N) is 2. The number of carbonyl (C=O) groups is 2. The van der Waals surface area contributed by atoms with Crippen LogP contribution >= 0.6 is 23.2 Å². The molecular weight excluding hydrogens is 361 g/mol. The van der Waals surface area contributed by atoms with E-state index in [0.29, 0.717) is 22.0 Å². The molecule has 0 bridgehead atoms. The molecule has 1 heterocycles. The first kappa shape index (κ1) is 17.5. The van der Waals surface area contributed by atoms with Crippen LogP contribution in [0.15, 0.2) is 53.6 Å². The van der Waals surface area contributed by atoms with Crippen molar-refractivity contribution < 1.29 is 9.59 Å². The van der Waals surface area contributed by atoms with Gasteiger partial charge >= 0.3 is 6.03 Å². The topological polar surface area (TPSA) is 61.8 Å². The van der Waals surface area contributed by atoms with Gasteiger partial charge in [0.05, 0.1) is 16.3 Å². The van der Waals surface area contributed by atoms with Gasteiger partial charge in [-0.3, -0.25) is 4.79 Å². The summed E-state index contributed by atoms with van der Waals surface area (Å²) in [4.78, 5) is 25.2. The molecule has 2 aromatic carbocycles. The van der Waals surface area contributed by atoms with Crippen molar-refractivity contribution in [2.45, 2.75) is 18.9 Å². The van der Waals surface area contributed by atoms with Gasteiger partial charge in [0.15, 0.2) is 0 Å². The van der Waals surface area contributed by atoms with E-state index in [0.717, 1.165) is 10.6 Å². The molecule has 3 rings (SSSR count). The van der Waals surface area contributed by atoms with Crippen LogP contribution in [0.2, 0.25) is 10.0 Å². The molecule has 1 aliphatic rings. The Morgan fingerprint density at radius 1 is 1.12 bits per heavy atom. The average Bonchev–Trinajstić information content (AvgIpc) is 2.88. The maximum Gasteiger partial charge on any atom is 0.346 e. The van der Waals surface area contributed by atoms with Crippen LogP contribution in [0.5, 0.6) is 0 Å². The number of carbonyl (C=O) groups excluding carboxylic acids is 2. The molecule has 1 atom stereocenters. The van der Waals surface area contributed by atoms with Crippen molar-refractivity contribution in [1.82, 2.24) is 10.3 Å². The molecule has 1 N–H and O–H groups in total. The molecule has 7 heteroatoms. The van der Waals surface area contributed by atoms with Gasteiger partial charge in [0.2, 0.25) is 0 Å². The Bertz CT molecular complexity index is 855. The summed E-state index contributed by atoms with van der Waals surface area (Å²) in [5, 5.41) is 8.44. The molecule has 5 nitrogen and oxygen atoms in total. The molecule has 0 unspecified atom stereocenters. The van der Waals surface area contributed by atoms with Crippen LogP contribution in [-0.2, 0) is 10.3 Å². The lowest BCUT2D eigenvalue weighted by molar-refractivity contribution is -0.131. The molecule has 1 fully saturated rings. The van der Waals surface area contributed by atoms with E-state index in [-0.39, 0.29) is 0 Å². The number of hydrazone groups is 1. The molecule has 3 amide bonds. The Balaban J connectivity index is 1.91. The molecule has 1 aliphatic heterocycles. The highest BCUT2D eigenvalue weighted by atomic mass is 35.5. The molecule has 0 aromatic heterocycles. The lowest BCUT2D eigenvalue weighted by Gasteiger charge is -2.24. The van der Waals surface area contributed by atoms with Crippen molar-refractivity contribution in [2.24, 2.45) is 5.10 Å². The summed E-state index contributed by atoms with van der Waals surface area (Å²) in [6, 6.07) is 13.5. The summed E-state index contributed by atoms with van der Waals surface area (Å²) >= 11 is 11.8. The van der Waals surface area contributed by atoms with Gasteiger partial charge in [0.1, 0.15) is 5.54 Å². The Morgan fingerprint density at radius 3 is 2.48 bits per heavy atom. The molecule has 0 aliphatic carbocycles. The van der Waals surface area contributed by atoms with Gasteiger partial charge in [-0.15, -0.1) is 5.01 Å². The minimum atomic E-state index is -1.10. The number of urea groups is 1. The first-order valence-corrected chi connectivity index (χ1v) is 8.45. The fraction of sp³-hybridized carbons (Fsp3) is 0.167. The maximum atomic E-state index is 12.9. The number of nitrogens with one attached hydrogen (secondary N) is 1. The van der Waals surface area contributed by atoms with Crippen molar-refractivity contribution in [3.8, 4) is 0 Å². The Labute approximate surface area is 155 Å². The number of imide groups is 1. The normalized spacial score (nSPS) is 20.4. The van der Waals surface area contributed by atoms with Crippen LogP contribution in [0.25, 0.3) is 0 Å². The summed E-state index contributed by atoms with van der Waals surface area (Å²) in [6.07, 6.45) is 1.82. The van der Waals surface area contributed by atoms with E-state index in [4.69, 9.17) is 23.2 Å². The zero-order valence-corrected chi connectivity index (χ0v) is 14.9. The van der Waals surface area contributed by atoms with Gasteiger partial charge in [-0.1, -0.05) is 66.5 Å². The van der Waals surface area contributed by atoms with Gasteiger partial charge in [0.25, 0.3) is 5.91 Å². The van der Waals surface area contributed by atoms with E-state index in [1.54, 1.807) is 18.2 Å². The Kier molecular flexibility index (Phi) is 4.79. The first-order chi connectivity index (χ1) is 12.0. The predicted octanol–water partition coefficient (Wildman–Crippen LogP) is 4.18. The maximum absolute atomic E-state index is 12.9. The van der Waals surface area contributed by atoms with Crippen LogP contribution in [0.3, 0.4) is 0 Å². The molecule has 1 saturated heterocycles. The standard InChI is InChI=1S/C18H15Cl2N3O2/c1-2-18(13-6-4-3-5-7-13)16(24)23(17(25)22-18)21-11-12-8-9-14(19)15(20)10-12/h3-11H,2H2,1H3,(H,22,25)/b21-11-/t18-/m0/s1. The second-order valence-corrected chi connectivity index (χ2v) is 6.40. The van der Waals surface area contributed by atoms with Crippen molar-refractivity contribution in [2.75, 3.05) is 0 Å². The van der Waals surface area contributed by atoms with Gasteiger partial charge < -0.3 is 5.32 Å². The second kappa shape index (κ2) is 6.86. The zero-order chi connectivity index (χ0) is 18.0. The van der Waals surface area contributed by atoms with Crippen LogP contribution in [0, 0.1) is 0 Å². The zero-order valence-electron chi connectivity index (χ0n) is 13.4. The third kappa shape index (κ3) is 3.13. The van der Waals surface area contributed by atoms with E-state index in [1.807, 2.05) is 37.3 Å². The minimum absolute atomic E-state index is 0.370. The van der Waals surface area contributed by atoms with E-state index in [1.165, 1.54) is 6.21 Å². The lowest BCUT2D eigenvalue weighted by Crippen LogP contribution is -2.43. The van der Waals surface area contributed by atoms with E-state index >= 15 is 0 Å². The summed E-state index contributed by atoms with van der Waals surface area (Å²) in [5.74, 6) is -0.414. The quantitative estimate of drug-likeness (QED) is 0.643. The minimum Gasteiger partial charge on any atom is -0.318 e. The van der Waals surface area contributed by atoms with Crippen molar-refractivity contribution in [3.05, 3.63) is 69.7 Å². The van der Waals surface area contributed by atoms with Crippen molar-refractivity contribution >= 4 is 41.4 Å². The Morgan fingerprint density at radius 2 is 1.84 bits per heavy atom. The summed E-state index contributed by atoms with van der Waals surface area (Å²) < 4.78 is 0. The second-order valence-electron chi connectivity index (χ2n) is 5.59. The monoisotopic (exact) mass is 375 g/mol. The highest BCUT2D eigenvalue weighted by Crippen LogP contribution is 2.32. The van der Waals surface area contributed by atoms with Gasteiger partial charge in [-0.05, 0) is 29.7 Å². The number of hydrogen-bond acceptors (Lipinski definition) is 3. The highest BCUT2D eigenvalue weighted by molar-refractivity contribution is 6.42. The van der Waals surface area contributed by atoms with Gasteiger partial charge in [-0.25, -0.2) is 4.79 Å². The fourth-order valence-corrected chi connectivity index (χ4v) is 3.05. The number of halogens is 2. The SMILES string of the molecule is CC[C@@]1(c2ccccc2)NC(=O)N(/N=C\c2ccc(Cl)c(Cl)c2)C1=O. The first-order valence-electron chi connectivity index (χ1n) is 7.69. The molecule has 128 valence electrons. The summed E-state index contributed by atoms with van der Waals surface area (Å²) in [6.45, 7) is 1.84. The molecule has 25 heavy (non-hydrogen) atoms. The number of amides is 3. The third-order valence-electron chi connectivity index (χ3n) is 4.13. The van der Waals surface area contributed by atoms with Crippen LogP contribution in [0.4, 0.5) is 4.79 Å². The number of benzene rings is 2. The van der Waals surface area contributed by atoms with E-state index in [9.17, 15) is 9.59 Å². The van der Waals surface area contributed by atoms with Crippen LogP contribution < -0.4 is 5.32 Å². The smallest absolute Gasteiger partial charge is 0.318 e. The fourth-order valence-electron chi connectivity index (χ4n) is 2.75. The molecule has 0 saturated carbocycles. The number of hydrogen-bond donors (Lipinski definition) is 1. The van der Waals surface area contributed by atoms with Crippen molar-refractivity contribution in [3.63, 3.8) is 0 Å².